The first-order valence-electron chi connectivity index (χ1n) is 6.98. The van der Waals surface area contributed by atoms with Crippen molar-refractivity contribution < 1.29 is 9.59 Å². The van der Waals surface area contributed by atoms with Crippen LogP contribution in [0.25, 0.3) is 0 Å². The maximum absolute atomic E-state index is 12.5. The molecule has 6 nitrogen and oxygen atoms in total. The van der Waals surface area contributed by atoms with Gasteiger partial charge in [-0.2, -0.15) is 0 Å². The molecule has 2 rings (SSSR count). The van der Waals surface area contributed by atoms with Gasteiger partial charge in [-0.15, -0.1) is 0 Å². The Morgan fingerprint density at radius 2 is 2.15 bits per heavy atom. The van der Waals surface area contributed by atoms with E-state index in [-0.39, 0.29) is 17.9 Å². The molecule has 1 saturated heterocycles. The zero-order valence-corrected chi connectivity index (χ0v) is 12.3. The molecule has 2 amide bonds. The third-order valence-electron chi connectivity index (χ3n) is 3.63. The smallest absolute Gasteiger partial charge is 0.247 e. The number of hydrogen-bond donors (Lipinski definition) is 1. The molecular formula is C14H22N4O2. The number of aryl methyl sites for hydroxylation is 1. The minimum atomic E-state index is -0.823. The number of rotatable bonds is 4. The summed E-state index contributed by atoms with van der Waals surface area (Å²) in [5.41, 5.74) is -0.823. The third kappa shape index (κ3) is 3.18. The average molecular weight is 278 g/mol. The van der Waals surface area contributed by atoms with Gasteiger partial charge in [-0.3, -0.25) is 9.59 Å². The van der Waals surface area contributed by atoms with E-state index in [2.05, 4.69) is 10.3 Å². The van der Waals surface area contributed by atoms with Crippen LogP contribution in [0.4, 0.5) is 0 Å². The van der Waals surface area contributed by atoms with Crippen molar-refractivity contribution >= 4 is 11.8 Å². The number of amides is 2. The fourth-order valence-corrected chi connectivity index (χ4v) is 2.56. The molecule has 1 aromatic rings. The summed E-state index contributed by atoms with van der Waals surface area (Å²) in [5, 5.41) is 2.79. The van der Waals surface area contributed by atoms with Crippen molar-refractivity contribution in [3.63, 3.8) is 0 Å². The monoisotopic (exact) mass is 278 g/mol. The predicted octanol–water partition coefficient (Wildman–Crippen LogP) is 0.789. The first-order valence-corrected chi connectivity index (χ1v) is 6.98. The van der Waals surface area contributed by atoms with E-state index >= 15 is 0 Å². The molecule has 1 N–H and O–H groups in total. The summed E-state index contributed by atoms with van der Waals surface area (Å²) in [4.78, 5) is 30.1. The molecule has 1 aromatic heterocycles. The first kappa shape index (κ1) is 14.6. The molecule has 0 saturated carbocycles. The van der Waals surface area contributed by atoms with E-state index in [1.54, 1.807) is 26.4 Å². The number of nitrogens with zero attached hydrogens (tertiary/aromatic N) is 3. The third-order valence-corrected chi connectivity index (χ3v) is 3.63. The average Bonchev–Trinajstić information content (AvgIpc) is 2.83. The number of imidazole rings is 1. The Labute approximate surface area is 119 Å². The second kappa shape index (κ2) is 5.64. The van der Waals surface area contributed by atoms with E-state index in [1.165, 1.54) is 0 Å². The van der Waals surface area contributed by atoms with E-state index in [4.69, 9.17) is 0 Å². The van der Waals surface area contributed by atoms with Gasteiger partial charge in [0.15, 0.2) is 0 Å². The van der Waals surface area contributed by atoms with Gasteiger partial charge in [0.1, 0.15) is 5.54 Å². The highest BCUT2D eigenvalue weighted by molar-refractivity contribution is 5.93. The number of aromatic nitrogens is 2. The second-order valence-electron chi connectivity index (χ2n) is 5.88. The van der Waals surface area contributed by atoms with Crippen LogP contribution < -0.4 is 5.32 Å². The highest BCUT2D eigenvalue weighted by atomic mass is 16.2. The SMILES string of the molecule is CC1CC(=O)NC(C)(C)C(=O)N1CCCn1ccnc1. The predicted molar refractivity (Wildman–Crippen MR) is 74.9 cm³/mol. The van der Waals surface area contributed by atoms with Crippen molar-refractivity contribution in [2.45, 2.75) is 51.7 Å². The minimum absolute atomic E-state index is 0.0125. The van der Waals surface area contributed by atoms with Crippen molar-refractivity contribution in [2.24, 2.45) is 0 Å². The zero-order valence-electron chi connectivity index (χ0n) is 12.3. The summed E-state index contributed by atoms with van der Waals surface area (Å²) in [5.74, 6) is -0.0746. The number of carbonyl (C=O) groups excluding carboxylic acids is 2. The van der Waals surface area contributed by atoms with Crippen molar-refractivity contribution in [1.29, 1.82) is 0 Å². The Morgan fingerprint density at radius 3 is 2.80 bits per heavy atom. The van der Waals surface area contributed by atoms with Crippen LogP contribution in [0.3, 0.4) is 0 Å². The molecule has 1 fully saturated rings. The standard InChI is InChI=1S/C14H22N4O2/c1-11-9-12(19)16-14(2,3)13(20)18(11)7-4-6-17-8-5-15-10-17/h5,8,10-11H,4,6-7,9H2,1-3H3,(H,16,19). The highest BCUT2D eigenvalue weighted by Crippen LogP contribution is 2.18. The number of hydrogen-bond acceptors (Lipinski definition) is 3. The lowest BCUT2D eigenvalue weighted by Gasteiger charge is -2.32. The van der Waals surface area contributed by atoms with E-state index in [9.17, 15) is 9.59 Å². The van der Waals surface area contributed by atoms with Gasteiger partial charge in [-0.05, 0) is 27.2 Å². The molecule has 0 bridgehead atoms. The van der Waals surface area contributed by atoms with E-state index in [1.807, 2.05) is 22.6 Å². The van der Waals surface area contributed by atoms with Crippen LogP contribution in [0.15, 0.2) is 18.7 Å². The summed E-state index contributed by atoms with van der Waals surface area (Å²) in [6.07, 6.45) is 6.62. The van der Waals surface area contributed by atoms with Crippen molar-refractivity contribution in [1.82, 2.24) is 19.8 Å². The van der Waals surface area contributed by atoms with Gasteiger partial charge >= 0.3 is 0 Å². The molecule has 0 aliphatic carbocycles. The van der Waals surface area contributed by atoms with Crippen LogP contribution >= 0.6 is 0 Å². The van der Waals surface area contributed by atoms with Crippen LogP contribution in [0.5, 0.6) is 0 Å². The molecule has 0 aromatic carbocycles. The van der Waals surface area contributed by atoms with Crippen molar-refractivity contribution in [3.05, 3.63) is 18.7 Å². The summed E-state index contributed by atoms with van der Waals surface area (Å²) >= 11 is 0. The molecule has 0 spiro atoms. The molecule has 1 aliphatic rings. The molecule has 1 aliphatic heterocycles. The van der Waals surface area contributed by atoms with Crippen LogP contribution in [0, 0.1) is 0 Å². The van der Waals surface area contributed by atoms with Gasteiger partial charge in [0.25, 0.3) is 0 Å². The largest absolute Gasteiger partial charge is 0.342 e. The minimum Gasteiger partial charge on any atom is -0.342 e. The van der Waals surface area contributed by atoms with Crippen molar-refractivity contribution in [3.8, 4) is 0 Å². The summed E-state index contributed by atoms with van der Waals surface area (Å²) < 4.78 is 1.99. The van der Waals surface area contributed by atoms with E-state index < -0.39 is 5.54 Å². The first-order chi connectivity index (χ1) is 9.40. The summed E-state index contributed by atoms with van der Waals surface area (Å²) in [6.45, 7) is 6.91. The second-order valence-corrected chi connectivity index (χ2v) is 5.88. The Morgan fingerprint density at radius 1 is 1.40 bits per heavy atom. The van der Waals surface area contributed by atoms with E-state index in [0.717, 1.165) is 13.0 Å². The summed E-state index contributed by atoms with van der Waals surface area (Å²) in [7, 11) is 0. The molecular weight excluding hydrogens is 256 g/mol. The molecule has 0 radical (unpaired) electrons. The summed E-state index contributed by atoms with van der Waals surface area (Å²) in [6, 6.07) is -0.0629. The highest BCUT2D eigenvalue weighted by Gasteiger charge is 2.39. The van der Waals surface area contributed by atoms with Crippen LogP contribution in [-0.4, -0.2) is 44.4 Å². The maximum atomic E-state index is 12.5. The number of carbonyl (C=O) groups is 2. The lowest BCUT2D eigenvalue weighted by molar-refractivity contribution is -0.138. The fraction of sp³-hybridized carbons (Fsp3) is 0.643. The lowest BCUT2D eigenvalue weighted by Crippen LogP contribution is -2.53. The normalized spacial score (nSPS) is 22.6. The van der Waals surface area contributed by atoms with Gasteiger partial charge in [-0.25, -0.2) is 4.98 Å². The van der Waals surface area contributed by atoms with Crippen LogP contribution in [0.1, 0.15) is 33.6 Å². The van der Waals surface area contributed by atoms with Crippen LogP contribution in [0.2, 0.25) is 0 Å². The topological polar surface area (TPSA) is 67.2 Å². The van der Waals surface area contributed by atoms with Gasteiger partial charge < -0.3 is 14.8 Å². The lowest BCUT2D eigenvalue weighted by atomic mass is 10.0. The molecule has 6 heteroatoms. The van der Waals surface area contributed by atoms with Crippen LogP contribution in [-0.2, 0) is 16.1 Å². The quantitative estimate of drug-likeness (QED) is 0.885. The zero-order chi connectivity index (χ0) is 14.8. The Kier molecular flexibility index (Phi) is 4.11. The molecule has 1 unspecified atom stereocenters. The molecule has 2 heterocycles. The molecule has 20 heavy (non-hydrogen) atoms. The van der Waals surface area contributed by atoms with Gasteiger partial charge in [-0.1, -0.05) is 0 Å². The van der Waals surface area contributed by atoms with Gasteiger partial charge in [0.2, 0.25) is 11.8 Å². The number of nitrogens with one attached hydrogen (secondary N) is 1. The van der Waals surface area contributed by atoms with Gasteiger partial charge in [0, 0.05) is 37.9 Å². The Hall–Kier alpha value is -1.85. The molecule has 1 atom stereocenters. The Bertz CT molecular complexity index is 481. The van der Waals surface area contributed by atoms with E-state index in [0.29, 0.717) is 13.0 Å². The van der Waals surface area contributed by atoms with Crippen molar-refractivity contribution in [2.75, 3.05) is 6.54 Å². The molecule has 110 valence electrons. The van der Waals surface area contributed by atoms with Gasteiger partial charge in [0.05, 0.1) is 6.33 Å². The Balaban J connectivity index is 2.00. The maximum Gasteiger partial charge on any atom is 0.247 e. The fourth-order valence-electron chi connectivity index (χ4n) is 2.56.